The highest BCUT2D eigenvalue weighted by Gasteiger charge is 2.02. The summed E-state index contributed by atoms with van der Waals surface area (Å²) in [6.45, 7) is -0.167. The topological polar surface area (TPSA) is 50.7 Å². The summed E-state index contributed by atoms with van der Waals surface area (Å²) >= 11 is 9.17. The van der Waals surface area contributed by atoms with Crippen LogP contribution in [0, 0.1) is 0 Å². The minimum Gasteiger partial charge on any atom is -0.386 e. The van der Waals surface area contributed by atoms with Crippen molar-refractivity contribution in [2.24, 2.45) is 5.16 Å². The minimum absolute atomic E-state index is 0.167. The SMILES string of the molecule is O=C(CO/N=C\c1ccc(Br)cc1)Nc1cccc(Cl)c1. The zero-order chi connectivity index (χ0) is 15.1. The van der Waals surface area contributed by atoms with Crippen molar-refractivity contribution in [3.05, 3.63) is 63.6 Å². The Bertz CT molecular complexity index is 644. The summed E-state index contributed by atoms with van der Waals surface area (Å²) in [4.78, 5) is 16.6. The van der Waals surface area contributed by atoms with Crippen LogP contribution in [0.4, 0.5) is 5.69 Å². The zero-order valence-electron chi connectivity index (χ0n) is 10.9. The van der Waals surface area contributed by atoms with E-state index in [2.05, 4.69) is 26.4 Å². The van der Waals surface area contributed by atoms with Gasteiger partial charge in [0.25, 0.3) is 5.91 Å². The summed E-state index contributed by atoms with van der Waals surface area (Å²) < 4.78 is 0.987. The van der Waals surface area contributed by atoms with E-state index in [1.807, 2.05) is 24.3 Å². The Morgan fingerprint density at radius 3 is 2.76 bits per heavy atom. The average Bonchev–Trinajstić information content (AvgIpc) is 2.45. The molecule has 0 atom stereocenters. The van der Waals surface area contributed by atoms with Crippen LogP contribution in [0.1, 0.15) is 5.56 Å². The second kappa shape index (κ2) is 7.81. The monoisotopic (exact) mass is 366 g/mol. The molecule has 0 aliphatic carbocycles. The molecule has 0 unspecified atom stereocenters. The first-order valence-corrected chi connectivity index (χ1v) is 7.27. The van der Waals surface area contributed by atoms with Gasteiger partial charge in [0.05, 0.1) is 6.21 Å². The van der Waals surface area contributed by atoms with Crippen molar-refractivity contribution < 1.29 is 9.63 Å². The van der Waals surface area contributed by atoms with Crippen LogP contribution in [0.5, 0.6) is 0 Å². The molecule has 2 aromatic carbocycles. The average molecular weight is 368 g/mol. The van der Waals surface area contributed by atoms with Gasteiger partial charge in [-0.25, -0.2) is 0 Å². The lowest BCUT2D eigenvalue weighted by molar-refractivity contribution is -0.120. The molecule has 4 nitrogen and oxygen atoms in total. The number of benzene rings is 2. The van der Waals surface area contributed by atoms with Crippen molar-refractivity contribution in [3.63, 3.8) is 0 Å². The fourth-order valence-electron chi connectivity index (χ4n) is 1.51. The number of halogens is 2. The van der Waals surface area contributed by atoms with E-state index in [4.69, 9.17) is 16.4 Å². The van der Waals surface area contributed by atoms with E-state index in [1.54, 1.807) is 30.5 Å². The Balaban J connectivity index is 1.78. The van der Waals surface area contributed by atoms with E-state index in [0.29, 0.717) is 10.7 Å². The quantitative estimate of drug-likeness (QED) is 0.639. The van der Waals surface area contributed by atoms with Crippen molar-refractivity contribution in [1.29, 1.82) is 0 Å². The number of carbonyl (C=O) groups excluding carboxylic acids is 1. The Kier molecular flexibility index (Phi) is 5.78. The second-order valence-electron chi connectivity index (χ2n) is 4.12. The number of hydrogen-bond acceptors (Lipinski definition) is 3. The largest absolute Gasteiger partial charge is 0.386 e. The molecule has 0 bridgehead atoms. The van der Waals surface area contributed by atoms with Crippen LogP contribution in [0.15, 0.2) is 58.2 Å². The molecule has 2 aromatic rings. The van der Waals surface area contributed by atoms with Crippen LogP contribution >= 0.6 is 27.5 Å². The van der Waals surface area contributed by atoms with E-state index >= 15 is 0 Å². The predicted molar refractivity (Wildman–Crippen MR) is 87.8 cm³/mol. The van der Waals surface area contributed by atoms with Crippen molar-refractivity contribution in [2.75, 3.05) is 11.9 Å². The lowest BCUT2D eigenvalue weighted by Gasteiger charge is -2.04. The molecule has 0 saturated heterocycles. The predicted octanol–water partition coefficient (Wildman–Crippen LogP) is 4.09. The number of nitrogens with zero attached hydrogens (tertiary/aromatic N) is 1. The third-order valence-corrected chi connectivity index (χ3v) is 3.21. The summed E-state index contributed by atoms with van der Waals surface area (Å²) in [6, 6.07) is 14.4. The summed E-state index contributed by atoms with van der Waals surface area (Å²) in [5, 5.41) is 6.96. The van der Waals surface area contributed by atoms with Gasteiger partial charge in [-0.05, 0) is 35.9 Å². The van der Waals surface area contributed by atoms with Gasteiger partial charge in [-0.2, -0.15) is 0 Å². The molecule has 0 aliphatic rings. The molecule has 0 aliphatic heterocycles. The van der Waals surface area contributed by atoms with Crippen molar-refractivity contribution in [1.82, 2.24) is 0 Å². The van der Waals surface area contributed by atoms with Crippen molar-refractivity contribution >= 4 is 45.3 Å². The maximum atomic E-state index is 11.6. The minimum atomic E-state index is -0.301. The standard InChI is InChI=1S/C15H12BrClN2O2/c16-12-6-4-11(5-7-12)9-18-21-10-15(20)19-14-3-1-2-13(17)8-14/h1-9H,10H2,(H,19,20)/b18-9-. The molecule has 1 amide bonds. The first kappa shape index (κ1) is 15.5. The molecular weight excluding hydrogens is 356 g/mol. The highest BCUT2D eigenvalue weighted by Crippen LogP contribution is 2.14. The van der Waals surface area contributed by atoms with Gasteiger partial charge in [0.1, 0.15) is 0 Å². The van der Waals surface area contributed by atoms with Crippen LogP contribution in [-0.4, -0.2) is 18.7 Å². The highest BCUT2D eigenvalue weighted by molar-refractivity contribution is 9.10. The van der Waals surface area contributed by atoms with Crippen LogP contribution in [0.3, 0.4) is 0 Å². The smallest absolute Gasteiger partial charge is 0.265 e. The lowest BCUT2D eigenvalue weighted by Crippen LogP contribution is -2.16. The molecule has 108 valence electrons. The van der Waals surface area contributed by atoms with Crippen LogP contribution in [0.2, 0.25) is 5.02 Å². The zero-order valence-corrected chi connectivity index (χ0v) is 13.3. The number of amides is 1. The summed E-state index contributed by atoms with van der Waals surface area (Å²) in [5.41, 5.74) is 1.50. The molecule has 6 heteroatoms. The first-order chi connectivity index (χ1) is 10.1. The van der Waals surface area contributed by atoms with Crippen molar-refractivity contribution in [3.8, 4) is 0 Å². The number of nitrogens with one attached hydrogen (secondary N) is 1. The van der Waals surface area contributed by atoms with Crippen LogP contribution in [0.25, 0.3) is 0 Å². The van der Waals surface area contributed by atoms with Crippen molar-refractivity contribution in [2.45, 2.75) is 0 Å². The van der Waals surface area contributed by atoms with E-state index in [9.17, 15) is 4.79 Å². The van der Waals surface area contributed by atoms with Gasteiger partial charge < -0.3 is 10.2 Å². The maximum absolute atomic E-state index is 11.6. The summed E-state index contributed by atoms with van der Waals surface area (Å²) in [6.07, 6.45) is 1.54. The summed E-state index contributed by atoms with van der Waals surface area (Å²) in [7, 11) is 0. The summed E-state index contributed by atoms with van der Waals surface area (Å²) in [5.74, 6) is -0.301. The number of carbonyl (C=O) groups is 1. The molecule has 0 saturated carbocycles. The number of hydrogen-bond donors (Lipinski definition) is 1. The molecule has 21 heavy (non-hydrogen) atoms. The normalized spacial score (nSPS) is 10.6. The fourth-order valence-corrected chi connectivity index (χ4v) is 1.96. The molecule has 2 rings (SSSR count). The van der Waals surface area contributed by atoms with Gasteiger partial charge in [0.2, 0.25) is 0 Å². The molecule has 0 aromatic heterocycles. The Labute approximate surface area is 135 Å². The molecule has 0 radical (unpaired) electrons. The Hall–Kier alpha value is -1.85. The van der Waals surface area contributed by atoms with E-state index in [0.717, 1.165) is 10.0 Å². The first-order valence-electron chi connectivity index (χ1n) is 6.10. The van der Waals surface area contributed by atoms with Gasteiger partial charge in [-0.15, -0.1) is 0 Å². The van der Waals surface area contributed by atoms with Crippen LogP contribution < -0.4 is 5.32 Å². The molecular formula is C15H12BrClN2O2. The van der Waals surface area contributed by atoms with Gasteiger partial charge in [0.15, 0.2) is 6.61 Å². The van der Waals surface area contributed by atoms with Gasteiger partial charge in [-0.1, -0.05) is 50.9 Å². The molecule has 0 heterocycles. The number of oxime groups is 1. The Morgan fingerprint density at radius 1 is 1.29 bits per heavy atom. The fraction of sp³-hybridized carbons (Fsp3) is 0.0667. The van der Waals surface area contributed by atoms with Gasteiger partial charge in [-0.3, -0.25) is 4.79 Å². The van der Waals surface area contributed by atoms with Crippen LogP contribution in [-0.2, 0) is 9.63 Å². The van der Waals surface area contributed by atoms with Gasteiger partial charge in [0, 0.05) is 15.2 Å². The van der Waals surface area contributed by atoms with Gasteiger partial charge >= 0.3 is 0 Å². The lowest BCUT2D eigenvalue weighted by atomic mass is 10.2. The molecule has 0 fully saturated rings. The number of anilines is 1. The number of rotatable bonds is 5. The third kappa shape index (κ3) is 5.57. The third-order valence-electron chi connectivity index (χ3n) is 2.45. The maximum Gasteiger partial charge on any atom is 0.265 e. The van der Waals surface area contributed by atoms with E-state index in [-0.39, 0.29) is 12.5 Å². The second-order valence-corrected chi connectivity index (χ2v) is 5.47. The van der Waals surface area contributed by atoms with E-state index < -0.39 is 0 Å². The molecule has 1 N–H and O–H groups in total. The highest BCUT2D eigenvalue weighted by atomic mass is 79.9. The van der Waals surface area contributed by atoms with E-state index in [1.165, 1.54) is 0 Å². The Morgan fingerprint density at radius 2 is 2.05 bits per heavy atom. The molecule has 0 spiro atoms.